The van der Waals surface area contributed by atoms with Gasteiger partial charge in [0.2, 0.25) is 0 Å². The van der Waals surface area contributed by atoms with Gasteiger partial charge in [-0.05, 0) is 31.4 Å². The van der Waals surface area contributed by atoms with Gasteiger partial charge in [0.1, 0.15) is 0 Å². The summed E-state index contributed by atoms with van der Waals surface area (Å²) >= 11 is 0. The van der Waals surface area contributed by atoms with Crippen LogP contribution in [0.2, 0.25) is 0 Å². The summed E-state index contributed by atoms with van der Waals surface area (Å²) in [6.45, 7) is 1.38. The van der Waals surface area contributed by atoms with Crippen LogP contribution in [0, 0.1) is 0 Å². The Balaban J connectivity index is 2.01. The molecule has 0 aliphatic carbocycles. The van der Waals surface area contributed by atoms with E-state index in [-0.39, 0.29) is 12.0 Å². The highest BCUT2D eigenvalue weighted by Gasteiger charge is 2.21. The van der Waals surface area contributed by atoms with Crippen LogP contribution in [0.5, 0.6) is 0 Å². The summed E-state index contributed by atoms with van der Waals surface area (Å²) in [5, 5.41) is 0. The van der Waals surface area contributed by atoms with Crippen LogP contribution in [-0.2, 0) is 4.74 Å². The van der Waals surface area contributed by atoms with Gasteiger partial charge >= 0.3 is 0 Å². The van der Waals surface area contributed by atoms with Gasteiger partial charge in [-0.3, -0.25) is 4.79 Å². The Morgan fingerprint density at radius 2 is 2.47 bits per heavy atom. The van der Waals surface area contributed by atoms with Crippen molar-refractivity contribution in [2.24, 2.45) is 5.84 Å². The molecule has 1 atom stereocenters. The first-order valence-corrected chi connectivity index (χ1v) is 6.51. The van der Waals surface area contributed by atoms with Crippen molar-refractivity contribution in [2.45, 2.75) is 25.4 Å². The van der Waals surface area contributed by atoms with Crippen LogP contribution in [0.3, 0.4) is 0 Å². The number of hydrazine groups is 1. The van der Waals surface area contributed by atoms with Crippen molar-refractivity contribution in [1.82, 2.24) is 9.88 Å². The minimum atomic E-state index is -0.102. The number of anilines is 1. The molecule has 1 fully saturated rings. The summed E-state index contributed by atoms with van der Waals surface area (Å²) in [7, 11) is 1.77. The van der Waals surface area contributed by atoms with E-state index in [1.807, 2.05) is 0 Å². The fraction of sp³-hybridized carbons (Fsp3) is 0.538. The molecule has 2 heterocycles. The van der Waals surface area contributed by atoms with Crippen molar-refractivity contribution in [2.75, 3.05) is 25.6 Å². The number of nitrogens with two attached hydrogens (primary N) is 1. The lowest BCUT2D eigenvalue weighted by Gasteiger charge is -2.27. The second-order valence-electron chi connectivity index (χ2n) is 4.72. The Labute approximate surface area is 112 Å². The van der Waals surface area contributed by atoms with Gasteiger partial charge in [0.05, 0.1) is 11.7 Å². The fourth-order valence-electron chi connectivity index (χ4n) is 2.24. The Kier molecular flexibility index (Phi) is 4.70. The number of carbonyl (C=O) groups is 1. The van der Waals surface area contributed by atoms with Gasteiger partial charge in [0.25, 0.3) is 5.91 Å². The van der Waals surface area contributed by atoms with E-state index in [9.17, 15) is 4.79 Å². The van der Waals surface area contributed by atoms with E-state index in [1.165, 1.54) is 0 Å². The number of pyridine rings is 1. The van der Waals surface area contributed by atoms with Crippen molar-refractivity contribution in [3.8, 4) is 0 Å². The molecule has 1 saturated heterocycles. The van der Waals surface area contributed by atoms with Crippen LogP contribution >= 0.6 is 0 Å². The predicted octanol–water partition coefficient (Wildman–Crippen LogP) is 1.01. The topological polar surface area (TPSA) is 80.5 Å². The Morgan fingerprint density at radius 1 is 1.63 bits per heavy atom. The summed E-state index contributed by atoms with van der Waals surface area (Å²) in [4.78, 5) is 18.0. The van der Waals surface area contributed by atoms with Crippen LogP contribution in [0.15, 0.2) is 18.3 Å². The SMILES string of the molecule is CN(CC1CCCCO1)C(=O)c1cccnc1NN. The molecule has 104 valence electrons. The molecule has 0 bridgehead atoms. The largest absolute Gasteiger partial charge is 0.376 e. The van der Waals surface area contributed by atoms with E-state index in [0.717, 1.165) is 25.9 Å². The van der Waals surface area contributed by atoms with E-state index in [1.54, 1.807) is 30.3 Å². The Hall–Kier alpha value is -1.66. The lowest BCUT2D eigenvalue weighted by atomic mass is 10.1. The van der Waals surface area contributed by atoms with Gasteiger partial charge in [-0.25, -0.2) is 10.8 Å². The van der Waals surface area contributed by atoms with E-state index in [4.69, 9.17) is 10.6 Å². The minimum absolute atomic E-state index is 0.102. The van der Waals surface area contributed by atoms with Crippen LogP contribution in [-0.4, -0.2) is 42.1 Å². The second-order valence-corrected chi connectivity index (χ2v) is 4.72. The van der Waals surface area contributed by atoms with Gasteiger partial charge in [-0.2, -0.15) is 0 Å². The molecule has 1 aromatic heterocycles. The number of nitrogen functional groups attached to an aromatic ring is 1. The first-order valence-electron chi connectivity index (χ1n) is 6.51. The maximum Gasteiger partial charge on any atom is 0.257 e. The quantitative estimate of drug-likeness (QED) is 0.626. The smallest absolute Gasteiger partial charge is 0.257 e. The van der Waals surface area contributed by atoms with Crippen LogP contribution in [0.25, 0.3) is 0 Å². The van der Waals surface area contributed by atoms with Crippen molar-refractivity contribution in [1.29, 1.82) is 0 Å². The lowest BCUT2D eigenvalue weighted by Crippen LogP contribution is -2.37. The molecule has 0 spiro atoms. The number of nitrogens with one attached hydrogen (secondary N) is 1. The molecule has 6 nitrogen and oxygen atoms in total. The van der Waals surface area contributed by atoms with E-state index < -0.39 is 0 Å². The third-order valence-electron chi connectivity index (χ3n) is 3.27. The van der Waals surface area contributed by atoms with Gasteiger partial charge in [0.15, 0.2) is 5.82 Å². The van der Waals surface area contributed by atoms with Gasteiger partial charge in [-0.1, -0.05) is 0 Å². The lowest BCUT2D eigenvalue weighted by molar-refractivity contribution is -0.000178. The number of likely N-dealkylation sites (N-methyl/N-ethyl adjacent to an activating group) is 1. The van der Waals surface area contributed by atoms with E-state index in [0.29, 0.717) is 17.9 Å². The molecule has 19 heavy (non-hydrogen) atoms. The summed E-state index contributed by atoms with van der Waals surface area (Å²) < 4.78 is 5.64. The number of hydrogen-bond donors (Lipinski definition) is 2. The average Bonchev–Trinajstić information content (AvgIpc) is 2.47. The molecule has 1 amide bonds. The molecule has 1 aromatic rings. The zero-order valence-corrected chi connectivity index (χ0v) is 11.1. The second kappa shape index (κ2) is 6.49. The number of rotatable bonds is 4. The van der Waals surface area contributed by atoms with Crippen molar-refractivity contribution in [3.63, 3.8) is 0 Å². The Morgan fingerprint density at radius 3 is 3.16 bits per heavy atom. The monoisotopic (exact) mass is 264 g/mol. The number of ether oxygens (including phenoxy) is 1. The summed E-state index contributed by atoms with van der Waals surface area (Å²) in [6, 6.07) is 3.43. The van der Waals surface area contributed by atoms with Gasteiger partial charge in [-0.15, -0.1) is 0 Å². The standard InChI is InChI=1S/C13H20N4O2/c1-17(9-10-5-2-3-8-19-10)13(18)11-6-4-7-15-12(11)16-14/h4,6-7,10H,2-3,5,8-9,14H2,1H3,(H,15,16). The number of carbonyl (C=O) groups excluding carboxylic acids is 1. The van der Waals surface area contributed by atoms with E-state index >= 15 is 0 Å². The highest BCUT2D eigenvalue weighted by Crippen LogP contribution is 2.16. The third kappa shape index (κ3) is 3.42. The van der Waals surface area contributed by atoms with Gasteiger partial charge in [0, 0.05) is 26.4 Å². The van der Waals surface area contributed by atoms with Crippen LogP contribution in [0.1, 0.15) is 29.6 Å². The van der Waals surface area contributed by atoms with Crippen LogP contribution in [0.4, 0.5) is 5.82 Å². The molecule has 6 heteroatoms. The summed E-state index contributed by atoms with van der Waals surface area (Å²) in [6.07, 6.45) is 5.00. The summed E-state index contributed by atoms with van der Waals surface area (Å²) in [5.41, 5.74) is 2.92. The number of nitrogens with zero attached hydrogens (tertiary/aromatic N) is 2. The number of aromatic nitrogens is 1. The Bertz CT molecular complexity index is 432. The molecule has 1 aliphatic rings. The first-order chi connectivity index (χ1) is 9.22. The fourth-order valence-corrected chi connectivity index (χ4v) is 2.24. The average molecular weight is 264 g/mol. The normalized spacial score (nSPS) is 18.9. The molecule has 0 aromatic carbocycles. The highest BCUT2D eigenvalue weighted by atomic mass is 16.5. The molecular formula is C13H20N4O2. The molecule has 2 rings (SSSR count). The molecule has 1 aliphatic heterocycles. The van der Waals surface area contributed by atoms with Gasteiger partial charge < -0.3 is 15.1 Å². The third-order valence-corrected chi connectivity index (χ3v) is 3.27. The highest BCUT2D eigenvalue weighted by molar-refractivity contribution is 5.98. The zero-order valence-electron chi connectivity index (χ0n) is 11.1. The first kappa shape index (κ1) is 13.8. The minimum Gasteiger partial charge on any atom is -0.376 e. The molecule has 1 unspecified atom stereocenters. The molecule has 3 N–H and O–H groups in total. The van der Waals surface area contributed by atoms with Crippen molar-refractivity contribution < 1.29 is 9.53 Å². The van der Waals surface area contributed by atoms with Crippen molar-refractivity contribution >= 4 is 11.7 Å². The number of hydrogen-bond acceptors (Lipinski definition) is 5. The zero-order chi connectivity index (χ0) is 13.7. The van der Waals surface area contributed by atoms with Crippen LogP contribution < -0.4 is 11.3 Å². The predicted molar refractivity (Wildman–Crippen MR) is 72.6 cm³/mol. The van der Waals surface area contributed by atoms with E-state index in [2.05, 4.69) is 10.4 Å². The molecular weight excluding hydrogens is 244 g/mol. The number of amides is 1. The molecule has 0 saturated carbocycles. The maximum absolute atomic E-state index is 12.3. The molecule has 0 radical (unpaired) electrons. The summed E-state index contributed by atoms with van der Waals surface area (Å²) in [5.74, 6) is 5.66. The van der Waals surface area contributed by atoms with Crippen molar-refractivity contribution in [3.05, 3.63) is 23.9 Å². The maximum atomic E-state index is 12.3.